The number of hydrogen-bond donors (Lipinski definition) is 2. The fourth-order valence-electron chi connectivity index (χ4n) is 2.94. The van der Waals surface area contributed by atoms with Crippen LogP contribution in [0, 0.1) is 6.92 Å². The molecule has 0 aliphatic heterocycles. The Morgan fingerprint density at radius 2 is 1.46 bits per heavy atom. The first-order valence-electron chi connectivity index (χ1n) is 9.38. The van der Waals surface area contributed by atoms with Crippen LogP contribution in [0.4, 0.5) is 5.69 Å². The first-order chi connectivity index (χ1) is 13.6. The molecule has 142 valence electrons. The first-order valence-corrected chi connectivity index (χ1v) is 9.38. The van der Waals surface area contributed by atoms with Crippen molar-refractivity contribution in [2.45, 2.75) is 19.8 Å². The lowest BCUT2D eigenvalue weighted by molar-refractivity contribution is -0.115. The van der Waals surface area contributed by atoms with Gasteiger partial charge in [-0.05, 0) is 36.6 Å². The zero-order valence-corrected chi connectivity index (χ0v) is 15.9. The highest BCUT2D eigenvalue weighted by Crippen LogP contribution is 2.16. The summed E-state index contributed by atoms with van der Waals surface area (Å²) in [5.74, 6) is -0.337. The maximum atomic E-state index is 12.6. The normalized spacial score (nSPS) is 10.3. The lowest BCUT2D eigenvalue weighted by atomic mass is 10.1. The number of hydrogen-bond acceptors (Lipinski definition) is 2. The van der Waals surface area contributed by atoms with E-state index in [1.807, 2.05) is 67.6 Å². The van der Waals surface area contributed by atoms with Crippen LogP contribution in [0.2, 0.25) is 0 Å². The standard InChI is InChI=1S/C24H24N2O2/c1-18-11-13-20(14-12-18)17-23(27)26-22-10-6-5-9-21(22)24(28)25-16-15-19-7-3-2-4-8-19/h2-14H,15-17H2,1H3,(H,25,28)(H,26,27). The van der Waals surface area contributed by atoms with E-state index in [9.17, 15) is 9.59 Å². The van der Waals surface area contributed by atoms with Gasteiger partial charge < -0.3 is 10.6 Å². The van der Waals surface area contributed by atoms with Crippen LogP contribution in [0.5, 0.6) is 0 Å². The molecule has 0 radical (unpaired) electrons. The molecule has 3 rings (SSSR count). The van der Waals surface area contributed by atoms with Crippen molar-refractivity contribution in [1.29, 1.82) is 0 Å². The summed E-state index contributed by atoms with van der Waals surface area (Å²) in [7, 11) is 0. The minimum absolute atomic E-state index is 0.145. The monoisotopic (exact) mass is 372 g/mol. The number of aryl methyl sites for hydroxylation is 1. The van der Waals surface area contributed by atoms with Crippen molar-refractivity contribution < 1.29 is 9.59 Å². The van der Waals surface area contributed by atoms with Crippen molar-refractivity contribution in [1.82, 2.24) is 5.32 Å². The molecule has 0 fully saturated rings. The Labute approximate surface area is 165 Å². The van der Waals surface area contributed by atoms with Crippen LogP contribution in [0.15, 0.2) is 78.9 Å². The van der Waals surface area contributed by atoms with Crippen molar-refractivity contribution in [3.05, 3.63) is 101 Å². The predicted octanol–water partition coefficient (Wildman–Crippen LogP) is 4.15. The van der Waals surface area contributed by atoms with Gasteiger partial charge in [0.05, 0.1) is 17.7 Å². The summed E-state index contributed by atoms with van der Waals surface area (Å²) >= 11 is 0. The van der Waals surface area contributed by atoms with Gasteiger partial charge in [-0.3, -0.25) is 9.59 Å². The second-order valence-electron chi connectivity index (χ2n) is 6.75. The zero-order chi connectivity index (χ0) is 19.8. The number of amides is 2. The van der Waals surface area contributed by atoms with Crippen LogP contribution in [-0.4, -0.2) is 18.4 Å². The van der Waals surface area contributed by atoms with Gasteiger partial charge in [0, 0.05) is 6.54 Å². The minimum atomic E-state index is -0.192. The maximum Gasteiger partial charge on any atom is 0.253 e. The molecule has 0 aromatic heterocycles. The van der Waals surface area contributed by atoms with E-state index in [0.717, 1.165) is 17.5 Å². The molecule has 2 amide bonds. The van der Waals surface area contributed by atoms with E-state index in [4.69, 9.17) is 0 Å². The van der Waals surface area contributed by atoms with Gasteiger partial charge in [-0.1, -0.05) is 72.3 Å². The molecule has 2 N–H and O–H groups in total. The number of nitrogens with one attached hydrogen (secondary N) is 2. The summed E-state index contributed by atoms with van der Waals surface area (Å²) in [6.45, 7) is 2.55. The van der Waals surface area contributed by atoms with Gasteiger partial charge in [0.2, 0.25) is 5.91 Å². The highest BCUT2D eigenvalue weighted by molar-refractivity contribution is 6.04. The minimum Gasteiger partial charge on any atom is -0.352 e. The van der Waals surface area contributed by atoms with Crippen LogP contribution < -0.4 is 10.6 Å². The molecule has 0 heterocycles. The lowest BCUT2D eigenvalue weighted by Gasteiger charge is -2.12. The second kappa shape index (κ2) is 9.51. The Bertz CT molecular complexity index is 934. The highest BCUT2D eigenvalue weighted by Gasteiger charge is 2.13. The maximum absolute atomic E-state index is 12.6. The molecule has 0 spiro atoms. The van der Waals surface area contributed by atoms with E-state index in [-0.39, 0.29) is 18.2 Å². The zero-order valence-electron chi connectivity index (χ0n) is 15.9. The van der Waals surface area contributed by atoms with Gasteiger partial charge in [0.1, 0.15) is 0 Å². The topological polar surface area (TPSA) is 58.2 Å². The summed E-state index contributed by atoms with van der Waals surface area (Å²) < 4.78 is 0. The fraction of sp³-hybridized carbons (Fsp3) is 0.167. The Morgan fingerprint density at radius 1 is 0.786 bits per heavy atom. The Morgan fingerprint density at radius 3 is 2.21 bits per heavy atom. The third-order valence-corrected chi connectivity index (χ3v) is 4.47. The van der Waals surface area contributed by atoms with Crippen LogP contribution >= 0.6 is 0 Å². The van der Waals surface area contributed by atoms with Crippen molar-refractivity contribution in [3.63, 3.8) is 0 Å². The molecule has 4 heteroatoms. The van der Waals surface area contributed by atoms with Crippen LogP contribution in [0.3, 0.4) is 0 Å². The summed E-state index contributed by atoms with van der Waals surface area (Å²) in [4.78, 5) is 25.0. The van der Waals surface area contributed by atoms with E-state index in [0.29, 0.717) is 17.8 Å². The molecular weight excluding hydrogens is 348 g/mol. The Hall–Kier alpha value is -3.40. The molecule has 0 bridgehead atoms. The van der Waals surface area contributed by atoms with Crippen molar-refractivity contribution >= 4 is 17.5 Å². The fourth-order valence-corrected chi connectivity index (χ4v) is 2.94. The van der Waals surface area contributed by atoms with E-state index in [1.54, 1.807) is 18.2 Å². The lowest BCUT2D eigenvalue weighted by Crippen LogP contribution is -2.27. The molecule has 0 aliphatic rings. The number of carbonyl (C=O) groups excluding carboxylic acids is 2. The molecule has 0 unspecified atom stereocenters. The Kier molecular flexibility index (Phi) is 6.58. The van der Waals surface area contributed by atoms with Crippen LogP contribution in [0.25, 0.3) is 0 Å². The molecule has 4 nitrogen and oxygen atoms in total. The van der Waals surface area contributed by atoms with Gasteiger partial charge in [-0.15, -0.1) is 0 Å². The largest absolute Gasteiger partial charge is 0.352 e. The summed E-state index contributed by atoms with van der Waals surface area (Å²) in [5.41, 5.74) is 4.25. The van der Waals surface area contributed by atoms with Gasteiger partial charge in [-0.25, -0.2) is 0 Å². The molecule has 0 saturated heterocycles. The molecular formula is C24H24N2O2. The van der Waals surface area contributed by atoms with E-state index in [2.05, 4.69) is 10.6 Å². The van der Waals surface area contributed by atoms with Crippen molar-refractivity contribution in [2.75, 3.05) is 11.9 Å². The third-order valence-electron chi connectivity index (χ3n) is 4.47. The average molecular weight is 372 g/mol. The highest BCUT2D eigenvalue weighted by atomic mass is 16.2. The second-order valence-corrected chi connectivity index (χ2v) is 6.75. The third kappa shape index (κ3) is 5.55. The van der Waals surface area contributed by atoms with Gasteiger partial charge in [-0.2, -0.15) is 0 Å². The predicted molar refractivity (Wildman–Crippen MR) is 112 cm³/mol. The molecule has 3 aromatic carbocycles. The van der Waals surface area contributed by atoms with Crippen LogP contribution in [0.1, 0.15) is 27.0 Å². The van der Waals surface area contributed by atoms with E-state index in [1.165, 1.54) is 5.56 Å². The van der Waals surface area contributed by atoms with Crippen molar-refractivity contribution in [2.24, 2.45) is 0 Å². The molecule has 3 aromatic rings. The molecule has 0 aliphatic carbocycles. The van der Waals surface area contributed by atoms with Gasteiger partial charge in [0.15, 0.2) is 0 Å². The smallest absolute Gasteiger partial charge is 0.253 e. The van der Waals surface area contributed by atoms with Gasteiger partial charge in [0.25, 0.3) is 5.91 Å². The van der Waals surface area contributed by atoms with E-state index >= 15 is 0 Å². The quantitative estimate of drug-likeness (QED) is 0.655. The number of rotatable bonds is 7. The Balaban J connectivity index is 1.59. The summed E-state index contributed by atoms with van der Waals surface area (Å²) in [6.07, 6.45) is 1.03. The molecule has 0 saturated carbocycles. The molecule has 0 atom stereocenters. The van der Waals surface area contributed by atoms with Crippen molar-refractivity contribution in [3.8, 4) is 0 Å². The summed E-state index contributed by atoms with van der Waals surface area (Å²) in [5, 5.41) is 5.79. The molecule has 28 heavy (non-hydrogen) atoms. The number of anilines is 1. The van der Waals surface area contributed by atoms with Crippen LogP contribution in [-0.2, 0) is 17.6 Å². The number of para-hydroxylation sites is 1. The average Bonchev–Trinajstić information content (AvgIpc) is 2.71. The SMILES string of the molecule is Cc1ccc(CC(=O)Nc2ccccc2C(=O)NCCc2ccccc2)cc1. The summed E-state index contributed by atoms with van der Waals surface area (Å²) in [6, 6.07) is 24.9. The number of benzene rings is 3. The first kappa shape index (κ1) is 19.4. The van der Waals surface area contributed by atoms with E-state index < -0.39 is 0 Å². The van der Waals surface area contributed by atoms with Gasteiger partial charge >= 0.3 is 0 Å². The number of carbonyl (C=O) groups is 2.